The van der Waals surface area contributed by atoms with Crippen LogP contribution in [-0.2, 0) is 11.3 Å². The Kier molecular flexibility index (Phi) is 5.37. The number of aromatic nitrogens is 3. The molecule has 0 saturated carbocycles. The zero-order valence-corrected chi connectivity index (χ0v) is 17.0. The Labute approximate surface area is 176 Å². The zero-order valence-electron chi connectivity index (χ0n) is 16.2. The number of nitrogens with zero attached hydrogens (tertiary/aromatic N) is 3. The number of hydrogen-bond donors (Lipinski definition) is 0. The van der Waals surface area contributed by atoms with E-state index in [2.05, 4.69) is 9.97 Å². The maximum atomic E-state index is 14.1. The first kappa shape index (κ1) is 19.8. The topological polar surface area (TPSA) is 66.2 Å². The van der Waals surface area contributed by atoms with Crippen molar-refractivity contribution in [3.8, 4) is 17.0 Å². The van der Waals surface area contributed by atoms with E-state index in [1.54, 1.807) is 31.4 Å². The van der Waals surface area contributed by atoms with Crippen molar-refractivity contribution in [2.45, 2.75) is 6.54 Å². The maximum Gasteiger partial charge on any atom is 0.356 e. The summed E-state index contributed by atoms with van der Waals surface area (Å²) in [5.74, 6) is -0.556. The summed E-state index contributed by atoms with van der Waals surface area (Å²) in [5, 5.41) is 0.807. The van der Waals surface area contributed by atoms with Gasteiger partial charge in [-0.15, -0.1) is 0 Å². The lowest BCUT2D eigenvalue weighted by Gasteiger charge is -2.06. The fourth-order valence-corrected chi connectivity index (χ4v) is 3.35. The summed E-state index contributed by atoms with van der Waals surface area (Å²) in [6.07, 6.45) is 1.85. The van der Waals surface area contributed by atoms with Gasteiger partial charge >= 0.3 is 5.97 Å². The number of pyridine rings is 2. The third-order valence-electron chi connectivity index (χ3n) is 4.67. The van der Waals surface area contributed by atoms with E-state index in [4.69, 9.17) is 21.1 Å². The van der Waals surface area contributed by atoms with Crippen molar-refractivity contribution in [3.05, 3.63) is 77.0 Å². The van der Waals surface area contributed by atoms with Crippen molar-refractivity contribution in [3.63, 3.8) is 0 Å². The number of methoxy groups -OCH3 is 2. The first-order valence-electron chi connectivity index (χ1n) is 9.03. The summed E-state index contributed by atoms with van der Waals surface area (Å²) in [6.45, 7) is 0.376. The highest BCUT2D eigenvalue weighted by molar-refractivity contribution is 6.30. The monoisotopic (exact) mass is 425 g/mol. The molecule has 0 spiro atoms. The highest BCUT2D eigenvalue weighted by atomic mass is 35.5. The van der Waals surface area contributed by atoms with Crippen LogP contribution >= 0.6 is 11.6 Å². The Hall–Kier alpha value is -3.45. The van der Waals surface area contributed by atoms with Crippen LogP contribution in [-0.4, -0.2) is 34.7 Å². The highest BCUT2D eigenvalue weighted by Crippen LogP contribution is 2.32. The SMILES string of the molecule is COC(=O)c1ccc2c(-c3ccc(Cl)c(F)c3)cn(Cc3cccc(OC)n3)c2n1. The van der Waals surface area contributed by atoms with Crippen molar-refractivity contribution in [1.82, 2.24) is 14.5 Å². The summed E-state index contributed by atoms with van der Waals surface area (Å²) >= 11 is 5.83. The van der Waals surface area contributed by atoms with Crippen molar-refractivity contribution < 1.29 is 18.7 Å². The van der Waals surface area contributed by atoms with Crippen LogP contribution in [0, 0.1) is 5.82 Å². The van der Waals surface area contributed by atoms with Gasteiger partial charge in [0.05, 0.1) is 31.5 Å². The molecule has 0 bridgehead atoms. The fraction of sp³-hybridized carbons (Fsp3) is 0.136. The third kappa shape index (κ3) is 3.71. The summed E-state index contributed by atoms with van der Waals surface area (Å²) in [7, 11) is 2.85. The second-order valence-corrected chi connectivity index (χ2v) is 6.94. The summed E-state index contributed by atoms with van der Waals surface area (Å²) in [6, 6.07) is 13.4. The van der Waals surface area contributed by atoms with Crippen LogP contribution in [0.1, 0.15) is 16.2 Å². The van der Waals surface area contributed by atoms with Crippen LogP contribution in [0.4, 0.5) is 4.39 Å². The van der Waals surface area contributed by atoms with E-state index in [0.717, 1.165) is 16.6 Å². The molecule has 0 unspecified atom stereocenters. The number of esters is 1. The van der Waals surface area contributed by atoms with Crippen LogP contribution in [0.15, 0.2) is 54.7 Å². The Balaban J connectivity index is 1.88. The molecule has 0 N–H and O–H groups in total. The number of halogens is 2. The Morgan fingerprint density at radius 1 is 1.13 bits per heavy atom. The lowest BCUT2D eigenvalue weighted by Crippen LogP contribution is -2.07. The molecule has 3 heterocycles. The predicted molar refractivity (Wildman–Crippen MR) is 111 cm³/mol. The molecule has 0 aliphatic heterocycles. The summed E-state index contributed by atoms with van der Waals surface area (Å²) < 4.78 is 25.9. The van der Waals surface area contributed by atoms with Crippen molar-refractivity contribution in [1.29, 1.82) is 0 Å². The van der Waals surface area contributed by atoms with Crippen LogP contribution in [0.3, 0.4) is 0 Å². The normalized spacial score (nSPS) is 10.9. The van der Waals surface area contributed by atoms with E-state index in [0.29, 0.717) is 23.6 Å². The largest absolute Gasteiger partial charge is 0.481 e. The number of hydrogen-bond acceptors (Lipinski definition) is 5. The predicted octanol–water partition coefficient (Wildman–Crippen LogP) is 4.73. The zero-order chi connectivity index (χ0) is 21.3. The minimum absolute atomic E-state index is 0.0502. The molecule has 0 atom stereocenters. The standard InChI is InChI=1S/C22H17ClFN3O3/c1-29-20-5-3-4-14(25-20)11-27-12-16(13-6-8-17(23)18(24)10-13)15-7-9-19(22(28)30-2)26-21(15)27/h3-10,12H,11H2,1-2H3. The molecule has 0 amide bonds. The van der Waals surface area contributed by atoms with Gasteiger partial charge in [0, 0.05) is 23.2 Å². The van der Waals surface area contributed by atoms with Gasteiger partial charge in [-0.3, -0.25) is 0 Å². The van der Waals surface area contributed by atoms with Crippen LogP contribution in [0.25, 0.3) is 22.2 Å². The van der Waals surface area contributed by atoms with Crippen LogP contribution in [0.5, 0.6) is 5.88 Å². The lowest BCUT2D eigenvalue weighted by atomic mass is 10.1. The second kappa shape index (κ2) is 8.12. The van der Waals surface area contributed by atoms with Gasteiger partial charge in [-0.1, -0.05) is 23.7 Å². The average Bonchev–Trinajstić information content (AvgIpc) is 3.12. The van der Waals surface area contributed by atoms with Gasteiger partial charge in [-0.2, -0.15) is 0 Å². The van der Waals surface area contributed by atoms with Crippen molar-refractivity contribution >= 4 is 28.6 Å². The van der Waals surface area contributed by atoms with Crippen LogP contribution < -0.4 is 4.74 Å². The molecule has 1 aromatic carbocycles. The molecule has 0 radical (unpaired) electrons. The van der Waals surface area contributed by atoms with Gasteiger partial charge in [0.25, 0.3) is 0 Å². The molecule has 0 aliphatic rings. The van der Waals surface area contributed by atoms with Crippen molar-refractivity contribution in [2.24, 2.45) is 0 Å². The molecule has 4 rings (SSSR count). The van der Waals surface area contributed by atoms with Crippen molar-refractivity contribution in [2.75, 3.05) is 14.2 Å². The summed E-state index contributed by atoms with van der Waals surface area (Å²) in [5.41, 5.74) is 2.87. The Morgan fingerprint density at radius 3 is 2.70 bits per heavy atom. The van der Waals surface area contributed by atoms with E-state index in [1.807, 2.05) is 22.9 Å². The molecule has 0 aliphatic carbocycles. The number of ether oxygens (including phenoxy) is 2. The first-order chi connectivity index (χ1) is 14.5. The quantitative estimate of drug-likeness (QED) is 0.432. The van der Waals surface area contributed by atoms with E-state index >= 15 is 0 Å². The molecule has 0 fully saturated rings. The maximum absolute atomic E-state index is 14.1. The molecule has 4 aromatic rings. The molecular formula is C22H17ClFN3O3. The first-order valence-corrected chi connectivity index (χ1v) is 9.41. The fourth-order valence-electron chi connectivity index (χ4n) is 3.23. The molecular weight excluding hydrogens is 409 g/mol. The minimum atomic E-state index is -0.539. The molecule has 0 saturated heterocycles. The van der Waals surface area contributed by atoms with Gasteiger partial charge < -0.3 is 14.0 Å². The Morgan fingerprint density at radius 2 is 1.97 bits per heavy atom. The van der Waals surface area contributed by atoms with Gasteiger partial charge in [-0.05, 0) is 35.9 Å². The van der Waals surface area contributed by atoms with Crippen LogP contribution in [0.2, 0.25) is 5.02 Å². The Bertz CT molecular complexity index is 1260. The number of carbonyl (C=O) groups is 1. The van der Waals surface area contributed by atoms with Gasteiger partial charge in [-0.25, -0.2) is 19.2 Å². The van der Waals surface area contributed by atoms with Gasteiger partial charge in [0.2, 0.25) is 5.88 Å². The van der Waals surface area contributed by atoms with E-state index < -0.39 is 11.8 Å². The molecule has 152 valence electrons. The van der Waals surface area contributed by atoms with Gasteiger partial charge in [0.1, 0.15) is 11.5 Å². The number of carbonyl (C=O) groups excluding carboxylic acids is 1. The average molecular weight is 426 g/mol. The number of rotatable bonds is 5. The van der Waals surface area contributed by atoms with E-state index in [1.165, 1.54) is 19.2 Å². The molecule has 3 aromatic heterocycles. The number of fused-ring (bicyclic) bond motifs is 1. The summed E-state index contributed by atoms with van der Waals surface area (Å²) in [4.78, 5) is 20.9. The van der Waals surface area contributed by atoms with E-state index in [9.17, 15) is 9.18 Å². The molecule has 6 nitrogen and oxygen atoms in total. The minimum Gasteiger partial charge on any atom is -0.481 e. The second-order valence-electron chi connectivity index (χ2n) is 6.53. The smallest absolute Gasteiger partial charge is 0.356 e. The lowest BCUT2D eigenvalue weighted by molar-refractivity contribution is 0.0594. The number of benzene rings is 1. The third-order valence-corrected chi connectivity index (χ3v) is 4.98. The highest BCUT2D eigenvalue weighted by Gasteiger charge is 2.17. The van der Waals surface area contributed by atoms with E-state index in [-0.39, 0.29) is 10.7 Å². The van der Waals surface area contributed by atoms with Gasteiger partial charge in [0.15, 0.2) is 5.69 Å². The molecule has 8 heteroatoms. The molecule has 30 heavy (non-hydrogen) atoms.